The van der Waals surface area contributed by atoms with Crippen molar-refractivity contribution in [2.45, 2.75) is 0 Å². The van der Waals surface area contributed by atoms with Crippen LogP contribution in [0.15, 0.2) is 47.3 Å². The van der Waals surface area contributed by atoms with Crippen molar-refractivity contribution in [3.05, 3.63) is 42.9 Å². The minimum Gasteiger partial charge on any atom is -0.496 e. The second-order valence-electron chi connectivity index (χ2n) is 4.59. The van der Waals surface area contributed by atoms with Gasteiger partial charge in [-0.15, -0.1) is 0 Å². The van der Waals surface area contributed by atoms with Gasteiger partial charge in [0.1, 0.15) is 5.75 Å². The summed E-state index contributed by atoms with van der Waals surface area (Å²) in [6.45, 7) is 0. The molecule has 0 unspecified atom stereocenters. The van der Waals surface area contributed by atoms with Gasteiger partial charge in [-0.05, 0) is 23.8 Å². The van der Waals surface area contributed by atoms with Crippen molar-refractivity contribution >= 4 is 10.8 Å². The Morgan fingerprint density at radius 2 is 1.57 bits per heavy atom. The Bertz CT molecular complexity index is 760. The highest BCUT2D eigenvalue weighted by atomic mass is 16.5. The van der Waals surface area contributed by atoms with E-state index in [0.29, 0.717) is 11.5 Å². The second kappa shape index (κ2) is 5.40. The van der Waals surface area contributed by atoms with Gasteiger partial charge in [-0.25, -0.2) is 0 Å². The van der Waals surface area contributed by atoms with E-state index in [1.807, 2.05) is 24.3 Å². The monoisotopic (exact) mass is 284 g/mol. The SMILES string of the molecule is COc1cc(OC)c2cc(-c3ccoc3)ccc2c1OC. The van der Waals surface area contributed by atoms with Crippen LogP contribution in [0, 0.1) is 0 Å². The average Bonchev–Trinajstić information content (AvgIpc) is 3.07. The summed E-state index contributed by atoms with van der Waals surface area (Å²) in [4.78, 5) is 0. The van der Waals surface area contributed by atoms with Crippen molar-refractivity contribution in [2.75, 3.05) is 21.3 Å². The number of furan rings is 1. The van der Waals surface area contributed by atoms with Crippen molar-refractivity contribution in [1.29, 1.82) is 0 Å². The van der Waals surface area contributed by atoms with E-state index in [4.69, 9.17) is 18.6 Å². The smallest absolute Gasteiger partial charge is 0.168 e. The molecule has 0 bridgehead atoms. The predicted molar refractivity (Wildman–Crippen MR) is 81.3 cm³/mol. The quantitative estimate of drug-likeness (QED) is 0.722. The first-order valence-corrected chi connectivity index (χ1v) is 6.53. The molecule has 0 amide bonds. The molecule has 3 rings (SSSR count). The number of ether oxygens (including phenoxy) is 3. The lowest BCUT2D eigenvalue weighted by Gasteiger charge is -2.14. The van der Waals surface area contributed by atoms with E-state index in [1.54, 1.807) is 33.9 Å². The molecule has 0 aliphatic carbocycles. The lowest BCUT2D eigenvalue weighted by atomic mass is 10.0. The summed E-state index contributed by atoms with van der Waals surface area (Å²) >= 11 is 0. The molecular weight excluding hydrogens is 268 g/mol. The summed E-state index contributed by atoms with van der Waals surface area (Å²) in [5, 5.41) is 1.91. The van der Waals surface area contributed by atoms with Crippen molar-refractivity contribution in [1.82, 2.24) is 0 Å². The summed E-state index contributed by atoms with van der Waals surface area (Å²) in [5.41, 5.74) is 2.08. The van der Waals surface area contributed by atoms with Crippen LogP contribution in [0.1, 0.15) is 0 Å². The normalized spacial score (nSPS) is 10.6. The van der Waals surface area contributed by atoms with E-state index in [-0.39, 0.29) is 0 Å². The van der Waals surface area contributed by atoms with E-state index in [0.717, 1.165) is 27.6 Å². The van der Waals surface area contributed by atoms with E-state index in [9.17, 15) is 0 Å². The zero-order valence-corrected chi connectivity index (χ0v) is 12.2. The van der Waals surface area contributed by atoms with Gasteiger partial charge in [0, 0.05) is 22.4 Å². The number of rotatable bonds is 4. The summed E-state index contributed by atoms with van der Waals surface area (Å²) in [6, 6.07) is 9.84. The van der Waals surface area contributed by atoms with Crippen molar-refractivity contribution in [3.8, 4) is 28.4 Å². The molecule has 4 nitrogen and oxygen atoms in total. The van der Waals surface area contributed by atoms with E-state index in [2.05, 4.69) is 6.07 Å². The zero-order chi connectivity index (χ0) is 14.8. The van der Waals surface area contributed by atoms with Gasteiger partial charge in [-0.1, -0.05) is 6.07 Å². The van der Waals surface area contributed by atoms with Crippen molar-refractivity contribution in [2.24, 2.45) is 0 Å². The minimum atomic E-state index is 0.651. The fourth-order valence-corrected chi connectivity index (χ4v) is 2.48. The Balaban J connectivity index is 2.29. The fourth-order valence-electron chi connectivity index (χ4n) is 2.48. The second-order valence-corrected chi connectivity index (χ2v) is 4.59. The van der Waals surface area contributed by atoms with E-state index >= 15 is 0 Å². The predicted octanol–water partition coefficient (Wildman–Crippen LogP) is 4.13. The van der Waals surface area contributed by atoms with Gasteiger partial charge in [0.2, 0.25) is 0 Å². The highest BCUT2D eigenvalue weighted by Gasteiger charge is 2.15. The summed E-state index contributed by atoms with van der Waals surface area (Å²) < 4.78 is 21.5. The van der Waals surface area contributed by atoms with Crippen molar-refractivity contribution in [3.63, 3.8) is 0 Å². The zero-order valence-electron chi connectivity index (χ0n) is 12.2. The molecule has 2 aromatic carbocycles. The number of fused-ring (bicyclic) bond motifs is 1. The van der Waals surface area contributed by atoms with Gasteiger partial charge in [0.15, 0.2) is 11.5 Å². The molecular formula is C17H16O4. The molecule has 1 heterocycles. The highest BCUT2D eigenvalue weighted by Crippen LogP contribution is 2.42. The van der Waals surface area contributed by atoms with Crippen LogP contribution in [0.2, 0.25) is 0 Å². The van der Waals surface area contributed by atoms with Gasteiger partial charge in [0.05, 0.1) is 33.9 Å². The first kappa shape index (κ1) is 13.4. The first-order chi connectivity index (χ1) is 10.3. The van der Waals surface area contributed by atoms with Gasteiger partial charge in [0.25, 0.3) is 0 Å². The Labute approximate surface area is 122 Å². The maximum absolute atomic E-state index is 5.48. The Morgan fingerprint density at radius 3 is 2.19 bits per heavy atom. The summed E-state index contributed by atoms with van der Waals surface area (Å²) in [7, 11) is 4.89. The first-order valence-electron chi connectivity index (χ1n) is 6.53. The Morgan fingerprint density at radius 1 is 0.762 bits per heavy atom. The lowest BCUT2D eigenvalue weighted by molar-refractivity contribution is 0.353. The van der Waals surface area contributed by atoms with Gasteiger partial charge in [-0.3, -0.25) is 0 Å². The number of hydrogen-bond donors (Lipinski definition) is 0. The molecule has 4 heteroatoms. The van der Waals surface area contributed by atoms with Crippen LogP contribution in [0.5, 0.6) is 17.2 Å². The number of benzene rings is 2. The van der Waals surface area contributed by atoms with Gasteiger partial charge < -0.3 is 18.6 Å². The molecule has 0 atom stereocenters. The fraction of sp³-hybridized carbons (Fsp3) is 0.176. The maximum Gasteiger partial charge on any atom is 0.168 e. The van der Waals surface area contributed by atoms with Crippen LogP contribution in [0.25, 0.3) is 21.9 Å². The molecule has 0 saturated heterocycles. The molecule has 1 aromatic heterocycles. The highest BCUT2D eigenvalue weighted by molar-refractivity contribution is 5.98. The topological polar surface area (TPSA) is 40.8 Å². The van der Waals surface area contributed by atoms with Crippen molar-refractivity contribution < 1.29 is 18.6 Å². The average molecular weight is 284 g/mol. The molecule has 3 aromatic rings. The van der Waals surface area contributed by atoms with Crippen LogP contribution in [0.4, 0.5) is 0 Å². The molecule has 108 valence electrons. The molecule has 0 aliphatic rings. The lowest BCUT2D eigenvalue weighted by Crippen LogP contribution is -1.94. The van der Waals surface area contributed by atoms with Crippen LogP contribution in [-0.4, -0.2) is 21.3 Å². The summed E-state index contributed by atoms with van der Waals surface area (Å²) in [6.07, 6.45) is 3.37. The molecule has 0 fully saturated rings. The summed E-state index contributed by atoms with van der Waals surface area (Å²) in [5.74, 6) is 2.10. The molecule has 21 heavy (non-hydrogen) atoms. The molecule has 0 aliphatic heterocycles. The molecule has 0 N–H and O–H groups in total. The maximum atomic E-state index is 5.48. The van der Waals surface area contributed by atoms with E-state index < -0.39 is 0 Å². The van der Waals surface area contributed by atoms with Crippen LogP contribution in [0.3, 0.4) is 0 Å². The number of methoxy groups -OCH3 is 3. The van der Waals surface area contributed by atoms with Gasteiger partial charge in [-0.2, -0.15) is 0 Å². The Kier molecular flexibility index (Phi) is 3.44. The van der Waals surface area contributed by atoms with Gasteiger partial charge >= 0.3 is 0 Å². The molecule has 0 saturated carbocycles. The third-order valence-corrected chi connectivity index (χ3v) is 3.51. The molecule has 0 radical (unpaired) electrons. The molecule has 0 spiro atoms. The minimum absolute atomic E-state index is 0.651. The third kappa shape index (κ3) is 2.18. The third-order valence-electron chi connectivity index (χ3n) is 3.51. The number of hydrogen-bond acceptors (Lipinski definition) is 4. The van der Waals surface area contributed by atoms with E-state index in [1.165, 1.54) is 0 Å². The van der Waals surface area contributed by atoms with Crippen LogP contribution < -0.4 is 14.2 Å². The standard InChI is InChI=1S/C17H16O4/c1-18-15-9-16(19-2)17(20-3)13-5-4-11(8-14(13)15)12-6-7-21-10-12/h4-10H,1-3H3. The van der Waals surface area contributed by atoms with Crippen LogP contribution >= 0.6 is 0 Å². The Hall–Kier alpha value is -2.62. The van der Waals surface area contributed by atoms with Crippen LogP contribution in [-0.2, 0) is 0 Å². The largest absolute Gasteiger partial charge is 0.496 e.